The minimum absolute atomic E-state index is 0. The fourth-order valence-corrected chi connectivity index (χ4v) is 5.99. The molecule has 0 bridgehead atoms. The highest BCUT2D eigenvalue weighted by Gasteiger charge is 2.24. The van der Waals surface area contributed by atoms with Gasteiger partial charge in [-0.25, -0.2) is 13.4 Å². The molecule has 4 rings (SSSR count). The molecule has 160 valence electrons. The third-order valence-corrected chi connectivity index (χ3v) is 8.53. The van der Waals surface area contributed by atoms with Crippen LogP contribution in [0.4, 0.5) is 11.4 Å². The maximum atomic E-state index is 12.5. The first-order chi connectivity index (χ1) is 13.9. The Balaban J connectivity index is 0.00000171. The quantitative estimate of drug-likeness (QED) is 0.706. The SMILES string of the molecule is CC1Cc2cc(NS(=O)(=O)c3cccs3)ccc2NC(=NC2CCCCC2)N1C.[HH].[HH]. The minimum atomic E-state index is -3.55. The van der Waals surface area contributed by atoms with Crippen LogP contribution in [0.1, 0.15) is 47.4 Å². The van der Waals surface area contributed by atoms with E-state index < -0.39 is 10.0 Å². The van der Waals surface area contributed by atoms with E-state index in [2.05, 4.69) is 28.9 Å². The minimum Gasteiger partial charge on any atom is -0.343 e. The fourth-order valence-electron chi connectivity index (χ4n) is 3.95. The zero-order valence-electron chi connectivity index (χ0n) is 16.9. The first-order valence-electron chi connectivity index (χ1n) is 10.2. The molecule has 2 N–H and O–H groups in total. The second-order valence-corrected chi connectivity index (χ2v) is 10.8. The van der Waals surface area contributed by atoms with Crippen molar-refractivity contribution in [2.45, 2.75) is 61.7 Å². The summed E-state index contributed by atoms with van der Waals surface area (Å²) in [6, 6.07) is 9.69. The number of thiophene rings is 1. The summed E-state index contributed by atoms with van der Waals surface area (Å²) in [6.07, 6.45) is 6.95. The summed E-state index contributed by atoms with van der Waals surface area (Å²) >= 11 is 1.21. The van der Waals surface area contributed by atoms with Crippen molar-refractivity contribution in [3.63, 3.8) is 0 Å². The fraction of sp³-hybridized carbons (Fsp3) is 0.476. The Kier molecular flexibility index (Phi) is 5.83. The van der Waals surface area contributed by atoms with Gasteiger partial charge in [0.25, 0.3) is 10.0 Å². The Morgan fingerprint density at radius 3 is 2.76 bits per heavy atom. The Morgan fingerprint density at radius 2 is 2.03 bits per heavy atom. The van der Waals surface area contributed by atoms with Crippen molar-refractivity contribution in [2.75, 3.05) is 17.1 Å². The number of likely N-dealkylation sites (N-methyl/N-ethyl adjacent to an activating group) is 1. The third kappa shape index (κ3) is 4.59. The van der Waals surface area contributed by atoms with Crippen LogP contribution in [-0.2, 0) is 16.4 Å². The molecule has 2 aliphatic rings. The standard InChI is InChI=1S/C21H28N4O2S2.2H2/c1-15-13-16-14-18(24-29(26,27)20-9-6-12-28-20)10-11-19(16)23-21(25(15)2)22-17-7-4-3-5-8-17;;/h6,9-12,14-15,17,24H,3-5,7-8,13H2,1-2H3,(H,22,23);2*1H. The molecule has 1 aromatic heterocycles. The third-order valence-electron chi connectivity index (χ3n) is 5.75. The zero-order chi connectivity index (χ0) is 20.4. The van der Waals surface area contributed by atoms with Crippen molar-refractivity contribution in [3.8, 4) is 0 Å². The maximum Gasteiger partial charge on any atom is 0.271 e. The van der Waals surface area contributed by atoms with Crippen molar-refractivity contribution < 1.29 is 11.3 Å². The van der Waals surface area contributed by atoms with Crippen LogP contribution in [0.25, 0.3) is 0 Å². The van der Waals surface area contributed by atoms with Gasteiger partial charge in [-0.3, -0.25) is 4.72 Å². The molecule has 1 atom stereocenters. The smallest absolute Gasteiger partial charge is 0.271 e. The predicted octanol–water partition coefficient (Wildman–Crippen LogP) is 5.02. The van der Waals surface area contributed by atoms with Crippen molar-refractivity contribution in [2.24, 2.45) is 4.99 Å². The molecule has 6 nitrogen and oxygen atoms in total. The van der Waals surface area contributed by atoms with Gasteiger partial charge in [0.1, 0.15) is 4.21 Å². The largest absolute Gasteiger partial charge is 0.343 e. The molecule has 2 heterocycles. The number of anilines is 2. The van der Waals surface area contributed by atoms with E-state index in [4.69, 9.17) is 4.99 Å². The van der Waals surface area contributed by atoms with E-state index in [1.807, 2.05) is 18.2 Å². The number of guanidine groups is 1. The summed E-state index contributed by atoms with van der Waals surface area (Å²) in [7, 11) is -1.47. The lowest BCUT2D eigenvalue weighted by molar-refractivity contribution is 0.380. The van der Waals surface area contributed by atoms with Crippen LogP contribution in [0.5, 0.6) is 0 Å². The number of aliphatic imine (C=N–C) groups is 1. The topological polar surface area (TPSA) is 73.8 Å². The first-order valence-corrected chi connectivity index (χ1v) is 12.6. The molecule has 1 fully saturated rings. The van der Waals surface area contributed by atoms with E-state index in [1.54, 1.807) is 17.5 Å². The number of benzene rings is 1. The molecule has 0 radical (unpaired) electrons. The van der Waals surface area contributed by atoms with Gasteiger partial charge in [0.15, 0.2) is 5.96 Å². The van der Waals surface area contributed by atoms with Crippen molar-refractivity contribution in [1.29, 1.82) is 0 Å². The van der Waals surface area contributed by atoms with Crippen LogP contribution in [-0.4, -0.2) is 38.4 Å². The Morgan fingerprint density at radius 1 is 1.24 bits per heavy atom. The second-order valence-electron chi connectivity index (χ2n) is 7.94. The summed E-state index contributed by atoms with van der Waals surface area (Å²) in [5.41, 5.74) is 2.67. The average Bonchev–Trinajstić information content (AvgIpc) is 3.22. The van der Waals surface area contributed by atoms with Crippen LogP contribution < -0.4 is 10.0 Å². The van der Waals surface area contributed by atoms with Crippen molar-refractivity contribution in [3.05, 3.63) is 41.3 Å². The van der Waals surface area contributed by atoms with Crippen molar-refractivity contribution in [1.82, 2.24) is 4.90 Å². The van der Waals surface area contributed by atoms with Gasteiger partial charge in [0.05, 0.1) is 6.04 Å². The van der Waals surface area contributed by atoms with Gasteiger partial charge >= 0.3 is 0 Å². The van der Waals surface area contributed by atoms with Gasteiger partial charge in [-0.15, -0.1) is 11.3 Å². The summed E-state index contributed by atoms with van der Waals surface area (Å²) in [5, 5.41) is 5.27. The van der Waals surface area contributed by atoms with Gasteiger partial charge in [-0.1, -0.05) is 25.3 Å². The summed E-state index contributed by atoms with van der Waals surface area (Å²) in [5.74, 6) is 0.912. The molecule has 0 amide bonds. The van der Waals surface area contributed by atoms with E-state index in [1.165, 1.54) is 30.6 Å². The molecule has 0 saturated heterocycles. The van der Waals surface area contributed by atoms with Crippen LogP contribution in [0.2, 0.25) is 0 Å². The maximum absolute atomic E-state index is 12.5. The number of rotatable bonds is 4. The summed E-state index contributed by atoms with van der Waals surface area (Å²) in [6.45, 7) is 2.18. The highest BCUT2D eigenvalue weighted by molar-refractivity contribution is 7.94. The molecule has 8 heteroatoms. The zero-order valence-corrected chi connectivity index (χ0v) is 18.5. The molecule has 29 heavy (non-hydrogen) atoms. The van der Waals surface area contributed by atoms with Gasteiger partial charge in [0.2, 0.25) is 0 Å². The van der Waals surface area contributed by atoms with Crippen molar-refractivity contribution >= 4 is 38.7 Å². The van der Waals surface area contributed by atoms with Crippen LogP contribution >= 0.6 is 11.3 Å². The molecule has 2 aromatic rings. The number of hydrogen-bond donors (Lipinski definition) is 2. The van der Waals surface area contributed by atoms with Crippen LogP contribution in [0.3, 0.4) is 0 Å². The Labute approximate surface area is 180 Å². The lowest BCUT2D eigenvalue weighted by Gasteiger charge is -2.27. The van der Waals surface area contributed by atoms with Crippen LogP contribution in [0, 0.1) is 0 Å². The Bertz CT molecular complexity index is 991. The molecular weight excluding hydrogens is 404 g/mol. The number of sulfonamides is 1. The molecule has 1 saturated carbocycles. The van der Waals surface area contributed by atoms with Gasteiger partial charge in [-0.2, -0.15) is 0 Å². The predicted molar refractivity (Wildman–Crippen MR) is 125 cm³/mol. The number of nitrogens with one attached hydrogen (secondary N) is 2. The lowest BCUT2D eigenvalue weighted by Crippen LogP contribution is -2.39. The number of fused-ring (bicyclic) bond motifs is 1. The van der Waals surface area contributed by atoms with E-state index in [-0.39, 0.29) is 8.90 Å². The van der Waals surface area contributed by atoms with E-state index in [9.17, 15) is 8.42 Å². The average molecular weight is 437 g/mol. The molecule has 1 aromatic carbocycles. The normalized spacial score (nSPS) is 22.1. The first kappa shape index (κ1) is 20.2. The molecular formula is C21H32N4O2S2. The van der Waals surface area contributed by atoms with E-state index >= 15 is 0 Å². The number of hydrogen-bond acceptors (Lipinski definition) is 4. The van der Waals surface area contributed by atoms with Gasteiger partial charge in [-0.05, 0) is 61.4 Å². The monoisotopic (exact) mass is 436 g/mol. The lowest BCUT2D eigenvalue weighted by atomic mass is 9.96. The van der Waals surface area contributed by atoms with E-state index in [0.717, 1.165) is 36.5 Å². The molecule has 1 aliphatic carbocycles. The second kappa shape index (κ2) is 8.36. The van der Waals surface area contributed by atoms with Gasteiger partial charge in [0, 0.05) is 27.3 Å². The van der Waals surface area contributed by atoms with E-state index in [0.29, 0.717) is 15.9 Å². The van der Waals surface area contributed by atoms with Gasteiger partial charge < -0.3 is 10.2 Å². The highest BCUT2D eigenvalue weighted by atomic mass is 32.2. The summed E-state index contributed by atoms with van der Waals surface area (Å²) in [4.78, 5) is 7.22. The Hall–Kier alpha value is -2.06. The molecule has 1 aliphatic heterocycles. The molecule has 0 spiro atoms. The highest BCUT2D eigenvalue weighted by Crippen LogP contribution is 2.29. The van der Waals surface area contributed by atoms with Crippen LogP contribution in [0.15, 0.2) is 44.9 Å². The summed E-state index contributed by atoms with van der Waals surface area (Å²) < 4.78 is 28.1. The number of nitrogens with zero attached hydrogens (tertiary/aromatic N) is 2. The molecule has 1 unspecified atom stereocenters.